The Bertz CT molecular complexity index is 82.6. The van der Waals surface area contributed by atoms with Gasteiger partial charge < -0.3 is 10.2 Å². The van der Waals surface area contributed by atoms with Gasteiger partial charge in [-0.05, 0) is 0 Å². The van der Waals surface area contributed by atoms with Crippen molar-refractivity contribution < 1.29 is 29.2 Å². The van der Waals surface area contributed by atoms with Crippen LogP contribution in [0.25, 0.3) is 0 Å². The van der Waals surface area contributed by atoms with Crippen LogP contribution in [-0.4, -0.2) is 30.6 Å². The first-order chi connectivity index (χ1) is 2.64. The number of rotatable bonds is 0. The summed E-state index contributed by atoms with van der Waals surface area (Å²) in [7, 11) is 0. The van der Waals surface area contributed by atoms with E-state index in [-0.39, 0.29) is 17.8 Å². The number of carbonyl (C=O) groups is 2. The predicted octanol–water partition coefficient (Wildman–Crippen LogP) is -1.72. The molecule has 0 fully saturated rings. The molecule has 0 heterocycles. The molecule has 0 radical (unpaired) electrons. The summed E-state index contributed by atoms with van der Waals surface area (Å²) in [5.74, 6) is -3.65. The van der Waals surface area contributed by atoms with Gasteiger partial charge >= 0.3 is 11.9 Å². The fraction of sp³-hybridized carbons (Fsp3) is 0. The van der Waals surface area contributed by atoms with E-state index in [1.165, 1.54) is 0 Å². The van der Waals surface area contributed by atoms with Gasteiger partial charge in [-0.2, -0.15) is 0 Å². The van der Waals surface area contributed by atoms with Crippen LogP contribution in [0.15, 0.2) is 0 Å². The van der Waals surface area contributed by atoms with Gasteiger partial charge in [0.1, 0.15) is 0 Å². The molecule has 0 aliphatic carbocycles. The van der Waals surface area contributed by atoms with Crippen LogP contribution in [0.2, 0.25) is 0 Å². The second-order valence-corrected chi connectivity index (χ2v) is 0.610. The quantitative estimate of drug-likeness (QED) is 0.313. The van der Waals surface area contributed by atoms with E-state index in [1.54, 1.807) is 0 Å². The topological polar surface area (TPSA) is 74.6 Å². The Morgan fingerprint density at radius 2 is 1.00 bits per heavy atom. The first kappa shape index (κ1) is 24.8. The fourth-order valence-corrected chi connectivity index (χ4v) is 0. The van der Waals surface area contributed by atoms with Crippen molar-refractivity contribution >= 4 is 20.4 Å². The molecule has 7 heteroatoms. The summed E-state index contributed by atoms with van der Waals surface area (Å²) in [6, 6.07) is 0. The lowest BCUT2D eigenvalue weighted by Gasteiger charge is -1.72. The Morgan fingerprint density at radius 3 is 1.00 bits per heavy atom. The molecule has 0 saturated heterocycles. The normalized spacial score (nSPS) is 4.89. The van der Waals surface area contributed by atoms with E-state index >= 15 is 0 Å². The van der Waals surface area contributed by atoms with Gasteiger partial charge in [-0.25, -0.2) is 9.59 Å². The van der Waals surface area contributed by atoms with E-state index in [4.69, 9.17) is 19.8 Å². The molecule has 2 N–H and O–H groups in total. The Labute approximate surface area is 50.8 Å². The molecule has 0 aromatic rings. The number of hydrogen-bond donors (Lipinski definition) is 2. The molecular weight excluding hydrogens is 137 g/mol. The number of carboxylic acid groups (broad SMARTS) is 2. The van der Waals surface area contributed by atoms with Crippen molar-refractivity contribution in [3.8, 4) is 0 Å². The second kappa shape index (κ2) is 9.98. The third kappa shape index (κ3) is 19.8. The van der Waals surface area contributed by atoms with E-state index in [0.29, 0.717) is 0 Å². The van der Waals surface area contributed by atoms with Gasteiger partial charge in [0.05, 0.1) is 8.41 Å². The highest BCUT2D eigenvalue weighted by molar-refractivity contribution is 6.27. The smallest absolute Gasteiger partial charge is 0.414 e. The first-order valence-electron chi connectivity index (χ1n) is 1.11. The number of hydrogen-bond acceptors (Lipinski definition) is 2. The Hall–Kier alpha value is -1.14. The van der Waals surface area contributed by atoms with E-state index in [9.17, 15) is 0 Å². The molecule has 4 nitrogen and oxygen atoms in total. The molecule has 9 heavy (non-hydrogen) atoms. The summed E-state index contributed by atoms with van der Waals surface area (Å²) >= 11 is 0. The highest BCUT2D eigenvalue weighted by atomic mass is 19.0. The third-order valence-electron chi connectivity index (χ3n) is 0.183. The van der Waals surface area contributed by atoms with Crippen molar-refractivity contribution in [2.75, 3.05) is 0 Å². The maximum absolute atomic E-state index is 9.10. The molecule has 0 rings (SSSR count). The van der Waals surface area contributed by atoms with Gasteiger partial charge in [0, 0.05) is 0 Å². The minimum atomic E-state index is -1.82. The van der Waals surface area contributed by atoms with Gasteiger partial charge in [-0.15, -0.1) is 0 Å². The average Bonchev–Trinajstić information content (AvgIpc) is 1.36. The Morgan fingerprint density at radius 1 is 0.889 bits per heavy atom. The molecule has 0 saturated carbocycles. The van der Waals surface area contributed by atoms with Crippen molar-refractivity contribution in [3.05, 3.63) is 0 Å². The zero-order valence-corrected chi connectivity index (χ0v) is 3.53. The molecule has 0 spiro atoms. The molecular formula is C2H7BF2O4. The summed E-state index contributed by atoms with van der Waals surface area (Å²) in [6.07, 6.45) is 0. The standard InChI is InChI=1S/C2H2O4.BH3.2FH/c3-1(4)2(5)6;;;/h(H,3,4)(H,5,6);1H3;2*1H. The van der Waals surface area contributed by atoms with Crippen molar-refractivity contribution in [2.24, 2.45) is 0 Å². The van der Waals surface area contributed by atoms with Crippen LogP contribution in [-0.2, 0) is 9.59 Å². The molecule has 0 unspecified atom stereocenters. The number of halogens is 2. The van der Waals surface area contributed by atoms with Crippen LogP contribution in [0.1, 0.15) is 0 Å². The van der Waals surface area contributed by atoms with Crippen molar-refractivity contribution in [1.29, 1.82) is 0 Å². The van der Waals surface area contributed by atoms with E-state index < -0.39 is 11.9 Å². The first-order valence-corrected chi connectivity index (χ1v) is 1.11. The third-order valence-corrected chi connectivity index (χ3v) is 0.183. The minimum absolute atomic E-state index is 0. The van der Waals surface area contributed by atoms with Crippen LogP contribution >= 0.6 is 0 Å². The fourth-order valence-electron chi connectivity index (χ4n) is 0. The summed E-state index contributed by atoms with van der Waals surface area (Å²) in [4.78, 5) is 18.2. The number of aliphatic carboxylic acids is 2. The van der Waals surface area contributed by atoms with Gasteiger partial charge in [0.25, 0.3) is 0 Å². The zero-order valence-electron chi connectivity index (χ0n) is 3.53. The zero-order chi connectivity index (χ0) is 5.15. The summed E-state index contributed by atoms with van der Waals surface area (Å²) < 4.78 is 0. The maximum Gasteiger partial charge on any atom is 0.414 e. The molecule has 0 aromatic carbocycles. The summed E-state index contributed by atoms with van der Waals surface area (Å²) in [5.41, 5.74) is 0. The Kier molecular flexibility index (Phi) is 27.5. The van der Waals surface area contributed by atoms with Gasteiger partial charge in [-0.3, -0.25) is 9.41 Å². The van der Waals surface area contributed by atoms with Gasteiger partial charge in [0.15, 0.2) is 0 Å². The maximum atomic E-state index is 9.10. The van der Waals surface area contributed by atoms with Crippen molar-refractivity contribution in [3.63, 3.8) is 0 Å². The van der Waals surface area contributed by atoms with Gasteiger partial charge in [-0.1, -0.05) is 0 Å². The van der Waals surface area contributed by atoms with E-state index in [0.717, 1.165) is 0 Å². The minimum Gasteiger partial charge on any atom is -0.473 e. The van der Waals surface area contributed by atoms with Crippen LogP contribution in [0.5, 0.6) is 0 Å². The lowest BCUT2D eigenvalue weighted by molar-refractivity contribution is -0.159. The van der Waals surface area contributed by atoms with Crippen LogP contribution in [0.4, 0.5) is 9.41 Å². The molecule has 0 amide bonds. The molecule has 0 aliphatic heterocycles. The van der Waals surface area contributed by atoms with Gasteiger partial charge in [0.2, 0.25) is 0 Å². The average molecular weight is 144 g/mol. The second-order valence-electron chi connectivity index (χ2n) is 0.610. The SMILES string of the molecule is B.F.F.O=C(O)C(=O)O. The molecule has 0 atom stereocenters. The predicted molar refractivity (Wildman–Crippen MR) is 30.2 cm³/mol. The van der Waals surface area contributed by atoms with Crippen molar-refractivity contribution in [1.82, 2.24) is 0 Å². The Balaban J connectivity index is -0.0000000417. The van der Waals surface area contributed by atoms with Crippen LogP contribution < -0.4 is 0 Å². The highest BCUT2D eigenvalue weighted by Crippen LogP contribution is 1.56. The lowest BCUT2D eigenvalue weighted by atomic mass is 10.7. The molecule has 56 valence electrons. The largest absolute Gasteiger partial charge is 0.473 e. The van der Waals surface area contributed by atoms with E-state index in [1.807, 2.05) is 0 Å². The molecule has 0 bridgehead atoms. The lowest BCUT2D eigenvalue weighted by Crippen LogP contribution is -2.09. The summed E-state index contributed by atoms with van der Waals surface area (Å²) in [6.45, 7) is 0. The summed E-state index contributed by atoms with van der Waals surface area (Å²) in [5, 5.41) is 14.8. The van der Waals surface area contributed by atoms with Crippen LogP contribution in [0, 0.1) is 0 Å². The highest BCUT2D eigenvalue weighted by Gasteiger charge is 2.04. The van der Waals surface area contributed by atoms with Crippen molar-refractivity contribution in [2.45, 2.75) is 0 Å². The van der Waals surface area contributed by atoms with Crippen LogP contribution in [0.3, 0.4) is 0 Å². The van der Waals surface area contributed by atoms with E-state index in [2.05, 4.69) is 0 Å². The molecule has 0 aromatic heterocycles. The monoisotopic (exact) mass is 144 g/mol. The number of carboxylic acids is 2. The molecule has 0 aliphatic rings.